The number of rotatable bonds is 7. The van der Waals surface area contributed by atoms with Crippen LogP contribution in [0.1, 0.15) is 94.9 Å². The first-order valence-electron chi connectivity index (χ1n) is 15.0. The van der Waals surface area contributed by atoms with Gasteiger partial charge in [-0.15, -0.1) is 0 Å². The monoisotopic (exact) mass is 574 g/mol. The molecule has 0 bridgehead atoms. The first-order valence-corrected chi connectivity index (χ1v) is 15.0. The Morgan fingerprint density at radius 1 is 1.12 bits per heavy atom. The molecule has 5 rings (SSSR count). The van der Waals surface area contributed by atoms with Crippen LogP contribution in [0.5, 0.6) is 0 Å². The van der Waals surface area contributed by atoms with Crippen LogP contribution < -0.4 is 10.9 Å². The lowest BCUT2D eigenvalue weighted by Gasteiger charge is -2.34. The lowest BCUT2D eigenvalue weighted by molar-refractivity contribution is 0.0198. The number of carbonyl (C=O) groups excluding carboxylic acids is 1. The molecule has 3 aromatic heterocycles. The highest BCUT2D eigenvalue weighted by atomic mass is 16.6. The molecule has 4 heterocycles. The number of piperidine rings is 1. The molecule has 1 aliphatic heterocycles. The summed E-state index contributed by atoms with van der Waals surface area (Å²) in [5.74, 6) is 1.55. The van der Waals surface area contributed by atoms with Crippen molar-refractivity contribution < 1.29 is 14.3 Å². The van der Waals surface area contributed by atoms with Crippen molar-refractivity contribution in [2.75, 3.05) is 25.0 Å². The standard InChI is InChI=1S/C32H42N6O4/c1-7-41-21(3)27-20(2)25-18-34-30(36-28(25)38(29(27)39)24-12-8-9-13-24)35-26-15-14-22(17-33-26)23-11-10-16-37(19-23)31(40)42-32(4,5)6/h14-15,17-18,23-24H,3,7-13,16,19H2,1-2,4-6H3,(H,33,34,35,36). The Hall–Kier alpha value is -3.95. The van der Waals surface area contributed by atoms with E-state index in [-0.39, 0.29) is 23.6 Å². The highest BCUT2D eigenvalue weighted by Gasteiger charge is 2.29. The molecule has 3 aromatic rings. The third-order valence-corrected chi connectivity index (χ3v) is 8.07. The second-order valence-corrected chi connectivity index (χ2v) is 12.3. The first kappa shape index (κ1) is 29.5. The van der Waals surface area contributed by atoms with Crippen LogP contribution in [0.4, 0.5) is 16.6 Å². The summed E-state index contributed by atoms with van der Waals surface area (Å²) in [4.78, 5) is 42.2. The Labute approximate surface area is 247 Å². The number of amides is 1. The summed E-state index contributed by atoms with van der Waals surface area (Å²) in [5, 5.41) is 4.02. The molecule has 1 atom stereocenters. The van der Waals surface area contributed by atoms with Crippen molar-refractivity contribution in [3.63, 3.8) is 0 Å². The summed E-state index contributed by atoms with van der Waals surface area (Å²) < 4.78 is 13.0. The molecule has 2 aliphatic rings. The van der Waals surface area contributed by atoms with Crippen LogP contribution in [0.15, 0.2) is 35.9 Å². The van der Waals surface area contributed by atoms with E-state index in [1.54, 1.807) is 11.1 Å². The lowest BCUT2D eigenvalue weighted by Crippen LogP contribution is -2.42. The van der Waals surface area contributed by atoms with E-state index >= 15 is 0 Å². The van der Waals surface area contributed by atoms with Gasteiger partial charge in [0.15, 0.2) is 0 Å². The van der Waals surface area contributed by atoms with Crippen molar-refractivity contribution >= 4 is 34.7 Å². The van der Waals surface area contributed by atoms with Crippen molar-refractivity contribution in [2.45, 2.75) is 90.7 Å². The van der Waals surface area contributed by atoms with Gasteiger partial charge in [0.1, 0.15) is 22.8 Å². The summed E-state index contributed by atoms with van der Waals surface area (Å²) >= 11 is 0. The Bertz CT molecular complexity index is 1520. The number of carbonyl (C=O) groups is 1. The number of likely N-dealkylation sites (tertiary alicyclic amines) is 1. The van der Waals surface area contributed by atoms with Crippen LogP contribution in [0.3, 0.4) is 0 Å². The molecule has 1 amide bonds. The van der Waals surface area contributed by atoms with Gasteiger partial charge in [-0.3, -0.25) is 9.36 Å². The molecule has 1 N–H and O–H groups in total. The number of ether oxygens (including phenoxy) is 2. The number of hydrogen-bond acceptors (Lipinski definition) is 8. The molecule has 1 saturated carbocycles. The fourth-order valence-electron chi connectivity index (χ4n) is 6.05. The van der Waals surface area contributed by atoms with E-state index in [1.807, 2.05) is 57.5 Å². The molecule has 10 heteroatoms. The molecule has 2 fully saturated rings. The van der Waals surface area contributed by atoms with Crippen molar-refractivity contribution in [3.8, 4) is 0 Å². The molecule has 1 unspecified atom stereocenters. The highest BCUT2D eigenvalue weighted by molar-refractivity contribution is 5.84. The van der Waals surface area contributed by atoms with Gasteiger partial charge in [0.05, 0.1) is 12.2 Å². The highest BCUT2D eigenvalue weighted by Crippen LogP contribution is 2.33. The molecule has 0 spiro atoms. The minimum Gasteiger partial charge on any atom is -0.494 e. The van der Waals surface area contributed by atoms with Gasteiger partial charge < -0.3 is 19.7 Å². The number of anilines is 2. The molecule has 42 heavy (non-hydrogen) atoms. The molecule has 0 radical (unpaired) electrons. The second kappa shape index (κ2) is 12.1. The summed E-state index contributed by atoms with van der Waals surface area (Å²) in [7, 11) is 0. The third kappa shape index (κ3) is 6.27. The molecule has 10 nitrogen and oxygen atoms in total. The largest absolute Gasteiger partial charge is 0.494 e. The molecule has 224 valence electrons. The number of nitrogens with one attached hydrogen (secondary N) is 1. The van der Waals surface area contributed by atoms with Crippen LogP contribution in [0, 0.1) is 6.92 Å². The quantitative estimate of drug-likeness (QED) is 0.319. The predicted molar refractivity (Wildman–Crippen MR) is 164 cm³/mol. The fourth-order valence-corrected chi connectivity index (χ4v) is 6.05. The number of aryl methyl sites for hydroxylation is 1. The predicted octanol–water partition coefficient (Wildman–Crippen LogP) is 6.48. The molecular weight excluding hydrogens is 532 g/mol. The summed E-state index contributed by atoms with van der Waals surface area (Å²) in [6.45, 7) is 15.2. The zero-order valence-electron chi connectivity index (χ0n) is 25.4. The van der Waals surface area contributed by atoms with Gasteiger partial charge in [-0.05, 0) is 77.5 Å². The van der Waals surface area contributed by atoms with Crippen molar-refractivity contribution in [1.82, 2.24) is 24.4 Å². The third-order valence-electron chi connectivity index (χ3n) is 8.07. The van der Waals surface area contributed by atoms with Gasteiger partial charge >= 0.3 is 6.09 Å². The number of pyridine rings is 2. The van der Waals surface area contributed by atoms with Crippen LogP contribution in [-0.4, -0.2) is 55.8 Å². The first-order chi connectivity index (χ1) is 20.1. The van der Waals surface area contributed by atoms with E-state index in [9.17, 15) is 9.59 Å². The van der Waals surface area contributed by atoms with Crippen LogP contribution >= 0.6 is 0 Å². The summed E-state index contributed by atoms with van der Waals surface area (Å²) in [6.07, 6.45) is 9.25. The minimum atomic E-state index is -0.519. The average molecular weight is 575 g/mol. The van der Waals surface area contributed by atoms with E-state index in [2.05, 4.69) is 21.9 Å². The molecule has 1 aliphatic carbocycles. The maximum Gasteiger partial charge on any atom is 0.410 e. The maximum absolute atomic E-state index is 13.8. The average Bonchev–Trinajstić information content (AvgIpc) is 3.47. The van der Waals surface area contributed by atoms with Gasteiger partial charge in [0.2, 0.25) is 5.95 Å². The zero-order valence-corrected chi connectivity index (χ0v) is 25.4. The van der Waals surface area contributed by atoms with Gasteiger partial charge in [0.25, 0.3) is 5.56 Å². The Balaban J connectivity index is 1.39. The van der Waals surface area contributed by atoms with Crippen molar-refractivity contribution in [1.29, 1.82) is 0 Å². The number of aromatic nitrogens is 4. The summed E-state index contributed by atoms with van der Waals surface area (Å²) in [5.41, 5.74) is 2.30. The molecule has 0 aromatic carbocycles. The van der Waals surface area contributed by atoms with Gasteiger partial charge in [0, 0.05) is 42.8 Å². The maximum atomic E-state index is 13.8. The van der Waals surface area contributed by atoms with E-state index < -0.39 is 5.60 Å². The summed E-state index contributed by atoms with van der Waals surface area (Å²) in [6, 6.07) is 4.01. The van der Waals surface area contributed by atoms with Gasteiger partial charge in [-0.2, -0.15) is 4.98 Å². The normalized spacial score (nSPS) is 17.8. The van der Waals surface area contributed by atoms with Crippen LogP contribution in [0.2, 0.25) is 0 Å². The Kier molecular flexibility index (Phi) is 8.52. The molecule has 1 saturated heterocycles. The van der Waals surface area contributed by atoms with E-state index in [0.717, 1.165) is 55.0 Å². The SMILES string of the molecule is C=C(OCC)c1c(C)c2cnc(Nc3ccc(C4CCCN(C(=O)OC(C)(C)C)C4)cn3)nc2n(C2CCCC2)c1=O. The minimum absolute atomic E-state index is 0.0738. The van der Waals surface area contributed by atoms with Crippen LogP contribution in [0.25, 0.3) is 16.8 Å². The van der Waals surface area contributed by atoms with E-state index in [4.69, 9.17) is 14.5 Å². The lowest BCUT2D eigenvalue weighted by atomic mass is 9.92. The topological polar surface area (TPSA) is 111 Å². The Morgan fingerprint density at radius 3 is 2.55 bits per heavy atom. The Morgan fingerprint density at radius 2 is 1.88 bits per heavy atom. The number of nitrogens with zero attached hydrogens (tertiary/aromatic N) is 5. The van der Waals surface area contributed by atoms with Gasteiger partial charge in [-0.25, -0.2) is 14.8 Å². The van der Waals surface area contributed by atoms with E-state index in [0.29, 0.717) is 48.4 Å². The number of fused-ring (bicyclic) bond motifs is 1. The second-order valence-electron chi connectivity index (χ2n) is 12.3. The van der Waals surface area contributed by atoms with E-state index in [1.165, 1.54) is 0 Å². The van der Waals surface area contributed by atoms with Crippen molar-refractivity contribution in [3.05, 3.63) is 58.1 Å². The van der Waals surface area contributed by atoms with Crippen molar-refractivity contribution in [2.24, 2.45) is 0 Å². The zero-order chi connectivity index (χ0) is 30.0. The smallest absolute Gasteiger partial charge is 0.410 e. The van der Waals surface area contributed by atoms with Gasteiger partial charge in [-0.1, -0.05) is 25.5 Å². The fraction of sp³-hybridized carbons (Fsp3) is 0.531. The number of hydrogen-bond donors (Lipinski definition) is 1. The molecular formula is C32H42N6O4. The van der Waals surface area contributed by atoms with Crippen LogP contribution in [-0.2, 0) is 9.47 Å².